The second-order valence-electron chi connectivity index (χ2n) is 4.18. The van der Waals surface area contributed by atoms with Crippen LogP contribution in [-0.2, 0) is 12.8 Å². The van der Waals surface area contributed by atoms with Gasteiger partial charge in [0.1, 0.15) is 11.9 Å². The Bertz CT molecular complexity index is 437. The molecular formula is C12H15N3O. The van der Waals surface area contributed by atoms with Gasteiger partial charge < -0.3 is 10.4 Å². The van der Waals surface area contributed by atoms with E-state index in [0.717, 1.165) is 25.0 Å². The molecule has 0 saturated heterocycles. The summed E-state index contributed by atoms with van der Waals surface area (Å²) >= 11 is 0. The molecule has 4 heteroatoms. The number of aromatic nitrogens is 1. The van der Waals surface area contributed by atoms with Crippen LogP contribution in [0.5, 0.6) is 0 Å². The molecule has 1 aliphatic rings. The Morgan fingerprint density at radius 3 is 3.12 bits per heavy atom. The first kappa shape index (κ1) is 10.9. The first-order chi connectivity index (χ1) is 7.74. The third kappa shape index (κ3) is 2.00. The molecule has 2 rings (SSSR count). The number of nitriles is 1. The molecule has 0 aromatic carbocycles. The third-order valence-electron chi connectivity index (χ3n) is 2.83. The van der Waals surface area contributed by atoms with Crippen LogP contribution in [0.3, 0.4) is 0 Å². The molecule has 1 atom stereocenters. The molecule has 1 unspecified atom stereocenters. The van der Waals surface area contributed by atoms with Gasteiger partial charge in [0.15, 0.2) is 0 Å². The zero-order valence-electron chi connectivity index (χ0n) is 9.32. The van der Waals surface area contributed by atoms with Gasteiger partial charge in [-0.05, 0) is 37.8 Å². The summed E-state index contributed by atoms with van der Waals surface area (Å²) in [5, 5.41) is 21.1. The largest absolute Gasteiger partial charge is 0.394 e. The number of nitrogens with zero attached hydrogens (tertiary/aromatic N) is 2. The lowest BCUT2D eigenvalue weighted by atomic mass is 10.1. The van der Waals surface area contributed by atoms with Gasteiger partial charge in [-0.15, -0.1) is 0 Å². The summed E-state index contributed by atoms with van der Waals surface area (Å²) in [6.07, 6.45) is 3.13. The molecule has 0 amide bonds. The van der Waals surface area contributed by atoms with E-state index in [0.29, 0.717) is 11.4 Å². The molecular weight excluding hydrogens is 202 g/mol. The van der Waals surface area contributed by atoms with E-state index >= 15 is 0 Å². The van der Waals surface area contributed by atoms with E-state index in [-0.39, 0.29) is 12.6 Å². The van der Waals surface area contributed by atoms with Crippen molar-refractivity contribution < 1.29 is 5.11 Å². The fourth-order valence-corrected chi connectivity index (χ4v) is 1.95. The highest BCUT2D eigenvalue weighted by molar-refractivity contribution is 5.55. The number of aliphatic hydroxyl groups excluding tert-OH is 1. The van der Waals surface area contributed by atoms with Gasteiger partial charge in [0, 0.05) is 11.7 Å². The van der Waals surface area contributed by atoms with Gasteiger partial charge in [-0.25, -0.2) is 4.98 Å². The lowest BCUT2D eigenvalue weighted by Crippen LogP contribution is -2.21. The molecule has 0 fully saturated rings. The van der Waals surface area contributed by atoms with Gasteiger partial charge in [-0.2, -0.15) is 5.26 Å². The first-order valence-corrected chi connectivity index (χ1v) is 5.55. The minimum absolute atomic E-state index is 0.0314. The molecule has 1 aromatic heterocycles. The molecule has 2 N–H and O–H groups in total. The van der Waals surface area contributed by atoms with Crippen molar-refractivity contribution in [3.05, 3.63) is 22.9 Å². The van der Waals surface area contributed by atoms with Gasteiger partial charge in [-0.3, -0.25) is 0 Å². The Morgan fingerprint density at radius 2 is 2.44 bits per heavy atom. The predicted molar refractivity (Wildman–Crippen MR) is 61.1 cm³/mol. The van der Waals surface area contributed by atoms with Gasteiger partial charge in [0.25, 0.3) is 0 Å². The minimum Gasteiger partial charge on any atom is -0.394 e. The van der Waals surface area contributed by atoms with E-state index in [9.17, 15) is 0 Å². The van der Waals surface area contributed by atoms with Gasteiger partial charge in [0.2, 0.25) is 0 Å². The number of aryl methyl sites for hydroxylation is 2. The summed E-state index contributed by atoms with van der Waals surface area (Å²) in [4.78, 5) is 4.47. The number of nitrogens with one attached hydrogen (secondary N) is 1. The summed E-state index contributed by atoms with van der Waals surface area (Å²) in [5.41, 5.74) is 2.85. The van der Waals surface area contributed by atoms with Crippen LogP contribution in [0.2, 0.25) is 0 Å². The highest BCUT2D eigenvalue weighted by Crippen LogP contribution is 2.25. The molecule has 0 spiro atoms. The fourth-order valence-electron chi connectivity index (χ4n) is 1.95. The third-order valence-corrected chi connectivity index (χ3v) is 2.83. The van der Waals surface area contributed by atoms with E-state index in [1.807, 2.05) is 13.0 Å². The Balaban J connectivity index is 2.33. The monoisotopic (exact) mass is 217 g/mol. The standard InChI is InChI=1S/C12H15N3O/c1-8(7-16)14-12-10(6-13)5-9-3-2-4-11(9)15-12/h5,8,16H,2-4,7H2,1H3,(H,14,15). The summed E-state index contributed by atoms with van der Waals surface area (Å²) in [6, 6.07) is 3.98. The highest BCUT2D eigenvalue weighted by atomic mass is 16.3. The van der Waals surface area contributed by atoms with Crippen molar-refractivity contribution in [1.82, 2.24) is 4.98 Å². The maximum absolute atomic E-state index is 9.04. The van der Waals surface area contributed by atoms with E-state index < -0.39 is 0 Å². The normalized spacial score (nSPS) is 15.3. The summed E-state index contributed by atoms with van der Waals surface area (Å²) < 4.78 is 0. The average molecular weight is 217 g/mol. The molecule has 1 aromatic rings. The van der Waals surface area contributed by atoms with Crippen LogP contribution in [0.4, 0.5) is 5.82 Å². The van der Waals surface area contributed by atoms with Crippen LogP contribution in [-0.4, -0.2) is 22.7 Å². The fraction of sp³-hybridized carbons (Fsp3) is 0.500. The van der Waals surface area contributed by atoms with Crippen LogP contribution in [0.15, 0.2) is 6.07 Å². The van der Waals surface area contributed by atoms with Crippen molar-refractivity contribution in [3.8, 4) is 6.07 Å². The van der Waals surface area contributed by atoms with Crippen LogP contribution < -0.4 is 5.32 Å². The van der Waals surface area contributed by atoms with Gasteiger partial charge in [-0.1, -0.05) is 0 Å². The second kappa shape index (κ2) is 4.50. The van der Waals surface area contributed by atoms with Crippen LogP contribution >= 0.6 is 0 Å². The molecule has 1 aliphatic carbocycles. The average Bonchev–Trinajstić information content (AvgIpc) is 2.74. The smallest absolute Gasteiger partial charge is 0.144 e. The minimum atomic E-state index is -0.0842. The molecule has 84 valence electrons. The number of hydrogen-bond acceptors (Lipinski definition) is 4. The Kier molecular flexibility index (Phi) is 3.07. The van der Waals surface area contributed by atoms with E-state index in [1.54, 1.807) is 0 Å². The second-order valence-corrected chi connectivity index (χ2v) is 4.18. The molecule has 0 radical (unpaired) electrons. The van der Waals surface area contributed by atoms with E-state index in [4.69, 9.17) is 10.4 Å². The molecule has 4 nitrogen and oxygen atoms in total. The Morgan fingerprint density at radius 1 is 1.62 bits per heavy atom. The summed E-state index contributed by atoms with van der Waals surface area (Å²) in [5.74, 6) is 0.602. The van der Waals surface area contributed by atoms with Crippen molar-refractivity contribution in [3.63, 3.8) is 0 Å². The van der Waals surface area contributed by atoms with Crippen molar-refractivity contribution in [2.24, 2.45) is 0 Å². The maximum atomic E-state index is 9.04. The number of pyridine rings is 1. The number of rotatable bonds is 3. The van der Waals surface area contributed by atoms with Gasteiger partial charge in [0.05, 0.1) is 12.2 Å². The predicted octanol–water partition coefficient (Wildman–Crippen LogP) is 1.23. The molecule has 1 heterocycles. The number of hydrogen-bond donors (Lipinski definition) is 2. The quantitative estimate of drug-likeness (QED) is 0.799. The number of fused-ring (bicyclic) bond motifs is 1. The Labute approximate surface area is 94.9 Å². The Hall–Kier alpha value is -1.60. The van der Waals surface area contributed by atoms with Crippen LogP contribution in [0.1, 0.15) is 30.2 Å². The van der Waals surface area contributed by atoms with Crippen molar-refractivity contribution in [1.29, 1.82) is 5.26 Å². The van der Waals surface area contributed by atoms with Crippen molar-refractivity contribution >= 4 is 5.82 Å². The highest BCUT2D eigenvalue weighted by Gasteiger charge is 2.16. The zero-order chi connectivity index (χ0) is 11.5. The number of anilines is 1. The van der Waals surface area contributed by atoms with E-state index in [1.165, 1.54) is 5.56 Å². The molecule has 0 bridgehead atoms. The SMILES string of the molecule is CC(CO)Nc1nc2c(cc1C#N)CCC2. The molecule has 16 heavy (non-hydrogen) atoms. The molecule has 0 saturated carbocycles. The lowest BCUT2D eigenvalue weighted by Gasteiger charge is -2.13. The van der Waals surface area contributed by atoms with Crippen molar-refractivity contribution in [2.45, 2.75) is 32.2 Å². The molecule has 0 aliphatic heterocycles. The lowest BCUT2D eigenvalue weighted by molar-refractivity contribution is 0.281. The summed E-state index contributed by atoms with van der Waals surface area (Å²) in [7, 11) is 0. The topological polar surface area (TPSA) is 68.9 Å². The van der Waals surface area contributed by atoms with Crippen LogP contribution in [0.25, 0.3) is 0 Å². The van der Waals surface area contributed by atoms with Crippen molar-refractivity contribution in [2.75, 3.05) is 11.9 Å². The van der Waals surface area contributed by atoms with Crippen LogP contribution in [0, 0.1) is 11.3 Å². The first-order valence-electron chi connectivity index (χ1n) is 5.55. The van der Waals surface area contributed by atoms with E-state index in [2.05, 4.69) is 16.4 Å². The maximum Gasteiger partial charge on any atom is 0.144 e. The number of aliphatic hydroxyl groups is 1. The van der Waals surface area contributed by atoms with Gasteiger partial charge >= 0.3 is 0 Å². The summed E-state index contributed by atoms with van der Waals surface area (Å²) in [6.45, 7) is 1.89. The zero-order valence-corrected chi connectivity index (χ0v) is 9.32.